The van der Waals surface area contributed by atoms with Gasteiger partial charge in [0.1, 0.15) is 11.6 Å². The summed E-state index contributed by atoms with van der Waals surface area (Å²) in [7, 11) is 0. The summed E-state index contributed by atoms with van der Waals surface area (Å²) >= 11 is 3.41. The summed E-state index contributed by atoms with van der Waals surface area (Å²) in [6, 6.07) is 12.0. The van der Waals surface area contributed by atoms with Crippen molar-refractivity contribution in [1.29, 1.82) is 0 Å². The number of anilines is 1. The van der Waals surface area contributed by atoms with Gasteiger partial charge in [-0.25, -0.2) is 0 Å². The normalized spacial score (nSPS) is 30.0. The first-order chi connectivity index (χ1) is 19.4. The highest BCUT2D eigenvalue weighted by Gasteiger charge is 2.72. The molecule has 5 aliphatic rings. The Balaban J connectivity index is 1.21. The van der Waals surface area contributed by atoms with Crippen LogP contribution >= 0.6 is 15.9 Å². The minimum absolute atomic E-state index is 0.0679. The lowest BCUT2D eigenvalue weighted by Crippen LogP contribution is -2.56. The van der Waals surface area contributed by atoms with E-state index in [-0.39, 0.29) is 37.1 Å². The molecule has 2 aromatic rings. The van der Waals surface area contributed by atoms with E-state index in [2.05, 4.69) is 26.6 Å². The van der Waals surface area contributed by atoms with Crippen molar-refractivity contribution in [1.82, 2.24) is 10.2 Å². The summed E-state index contributed by atoms with van der Waals surface area (Å²) in [4.78, 5) is 43.4. The maximum Gasteiger partial charge on any atom is 0.246 e. The van der Waals surface area contributed by atoms with Crippen molar-refractivity contribution in [3.8, 4) is 11.5 Å². The number of carbonyl (C=O) groups excluding carboxylic acids is 3. The summed E-state index contributed by atoms with van der Waals surface area (Å²) < 4.78 is 18.3. The molecule has 3 amide bonds. The van der Waals surface area contributed by atoms with Crippen molar-refractivity contribution in [2.75, 3.05) is 12.1 Å². The fraction of sp³-hybridized carbons (Fsp3) is 0.433. The topological polar surface area (TPSA) is 106 Å². The maximum absolute atomic E-state index is 14.2. The molecule has 2 aromatic carbocycles. The molecule has 2 N–H and O–H groups in total. The number of nitrogens with zero attached hydrogens (tertiary/aromatic N) is 1. The van der Waals surface area contributed by atoms with Crippen molar-refractivity contribution in [3.05, 3.63) is 64.7 Å². The lowest BCUT2D eigenvalue weighted by molar-refractivity contribution is -0.142. The molecule has 10 heteroatoms. The fourth-order valence-corrected chi connectivity index (χ4v) is 7.22. The molecular weight excluding hydrogens is 578 g/mol. The zero-order valence-corrected chi connectivity index (χ0v) is 23.4. The molecule has 40 heavy (non-hydrogen) atoms. The summed E-state index contributed by atoms with van der Waals surface area (Å²) in [6.45, 7) is 0.327. The van der Waals surface area contributed by atoms with Crippen LogP contribution in [0.15, 0.2) is 59.1 Å². The van der Waals surface area contributed by atoms with E-state index < -0.39 is 29.6 Å². The first-order valence-electron chi connectivity index (χ1n) is 13.9. The summed E-state index contributed by atoms with van der Waals surface area (Å²) in [5.74, 6) is -1.11. The van der Waals surface area contributed by atoms with Gasteiger partial charge in [0.2, 0.25) is 24.5 Å². The molecular formula is C30H30BrN3O6. The number of hydrogen-bond acceptors (Lipinski definition) is 6. The standard InChI is InChI=1S/C30H30BrN3O6/c31-18-7-9-20(10-8-18)32-27(35)24-22-12-13-30(40-22)25(24)29(37)34(15-17-6-11-21-23(14-17)39-16-38-21)26(30)28(36)33-19-4-2-1-3-5-19/h6-14,19,22,24-26H,1-5,15-16H2,(H,32,35)(H,33,36)/t22-,24+,25-,26+,30-/m0/s1. The van der Waals surface area contributed by atoms with Gasteiger partial charge in [0, 0.05) is 22.7 Å². The Morgan fingerprint density at radius 1 is 1.00 bits per heavy atom. The highest BCUT2D eigenvalue weighted by Crippen LogP contribution is 2.55. The molecule has 4 aliphatic heterocycles. The van der Waals surface area contributed by atoms with Gasteiger partial charge in [0.05, 0.1) is 17.9 Å². The molecule has 4 heterocycles. The molecule has 3 fully saturated rings. The zero-order valence-electron chi connectivity index (χ0n) is 21.8. The first kappa shape index (κ1) is 25.6. The number of likely N-dealkylation sites (tertiary alicyclic amines) is 1. The van der Waals surface area contributed by atoms with Crippen molar-refractivity contribution >= 4 is 39.3 Å². The van der Waals surface area contributed by atoms with E-state index in [4.69, 9.17) is 14.2 Å². The summed E-state index contributed by atoms with van der Waals surface area (Å²) in [5.41, 5.74) is 0.223. The van der Waals surface area contributed by atoms with Crippen LogP contribution in [0.25, 0.3) is 0 Å². The van der Waals surface area contributed by atoms with Crippen LogP contribution in [0.3, 0.4) is 0 Å². The number of fused-ring (bicyclic) bond motifs is 2. The van der Waals surface area contributed by atoms with Crippen LogP contribution < -0.4 is 20.1 Å². The van der Waals surface area contributed by atoms with E-state index in [0.29, 0.717) is 17.2 Å². The number of hydrogen-bond donors (Lipinski definition) is 2. The Morgan fingerprint density at radius 2 is 1.77 bits per heavy atom. The molecule has 208 valence electrons. The predicted molar refractivity (Wildman–Crippen MR) is 148 cm³/mol. The second-order valence-electron chi connectivity index (χ2n) is 11.2. The average molecular weight is 608 g/mol. The maximum atomic E-state index is 14.2. The van der Waals surface area contributed by atoms with E-state index in [0.717, 1.165) is 35.7 Å². The third-order valence-corrected chi connectivity index (χ3v) is 9.31. The van der Waals surface area contributed by atoms with Crippen LogP contribution in [0.5, 0.6) is 11.5 Å². The molecule has 2 bridgehead atoms. The number of carbonyl (C=O) groups is 3. The van der Waals surface area contributed by atoms with Gasteiger partial charge >= 0.3 is 0 Å². The van der Waals surface area contributed by atoms with Gasteiger partial charge in [-0.15, -0.1) is 0 Å². The smallest absolute Gasteiger partial charge is 0.246 e. The Morgan fingerprint density at radius 3 is 2.58 bits per heavy atom. The highest BCUT2D eigenvalue weighted by atomic mass is 79.9. The van der Waals surface area contributed by atoms with E-state index in [1.807, 2.05) is 42.5 Å². The predicted octanol–water partition coefficient (Wildman–Crippen LogP) is 3.92. The van der Waals surface area contributed by atoms with Crippen LogP contribution in [-0.2, 0) is 25.7 Å². The van der Waals surface area contributed by atoms with Crippen molar-refractivity contribution in [2.24, 2.45) is 11.8 Å². The molecule has 7 rings (SSSR count). The zero-order chi connectivity index (χ0) is 27.4. The number of halogens is 1. The monoisotopic (exact) mass is 607 g/mol. The summed E-state index contributed by atoms with van der Waals surface area (Å²) in [6.07, 6.45) is 8.24. The third-order valence-electron chi connectivity index (χ3n) is 8.78. The molecule has 5 atom stereocenters. The van der Waals surface area contributed by atoms with Gasteiger partial charge in [-0.05, 0) is 54.8 Å². The molecule has 0 aromatic heterocycles. The van der Waals surface area contributed by atoms with E-state index in [9.17, 15) is 14.4 Å². The Labute approximate surface area is 240 Å². The minimum atomic E-state index is -1.21. The molecule has 1 saturated carbocycles. The van der Waals surface area contributed by atoms with Gasteiger partial charge in [-0.2, -0.15) is 0 Å². The minimum Gasteiger partial charge on any atom is -0.454 e. The molecule has 2 saturated heterocycles. The van der Waals surface area contributed by atoms with E-state index in [1.165, 1.54) is 6.42 Å². The molecule has 1 spiro atoms. The third kappa shape index (κ3) is 4.19. The van der Waals surface area contributed by atoms with E-state index >= 15 is 0 Å². The van der Waals surface area contributed by atoms with Gasteiger partial charge in [0.15, 0.2) is 11.5 Å². The molecule has 0 unspecified atom stereocenters. The first-order valence-corrected chi connectivity index (χ1v) is 14.7. The SMILES string of the molecule is O=C(Nc1ccc(Br)cc1)[C@@H]1[C@@H]2C=C[C@]3(O2)[C@@H]1C(=O)N(Cc1ccc2c(c1)OCO2)[C@@H]3C(=O)NC1CCCCC1. The van der Waals surface area contributed by atoms with Crippen molar-refractivity contribution < 1.29 is 28.6 Å². The number of nitrogens with one attached hydrogen (secondary N) is 2. The number of ether oxygens (including phenoxy) is 3. The van der Waals surface area contributed by atoms with Gasteiger partial charge in [0.25, 0.3) is 0 Å². The van der Waals surface area contributed by atoms with Crippen LogP contribution in [0.1, 0.15) is 37.7 Å². The number of benzene rings is 2. The largest absolute Gasteiger partial charge is 0.454 e. The lowest BCUT2D eigenvalue weighted by atomic mass is 9.74. The van der Waals surface area contributed by atoms with E-state index in [1.54, 1.807) is 17.0 Å². The van der Waals surface area contributed by atoms with Gasteiger partial charge < -0.3 is 29.7 Å². The second-order valence-corrected chi connectivity index (χ2v) is 12.1. The van der Waals surface area contributed by atoms with Crippen LogP contribution in [-0.4, -0.2) is 53.2 Å². The quantitative estimate of drug-likeness (QED) is 0.482. The van der Waals surface area contributed by atoms with Crippen LogP contribution in [0, 0.1) is 11.8 Å². The lowest BCUT2D eigenvalue weighted by Gasteiger charge is -2.34. The van der Waals surface area contributed by atoms with Crippen molar-refractivity contribution in [3.63, 3.8) is 0 Å². The van der Waals surface area contributed by atoms with Crippen LogP contribution in [0.4, 0.5) is 5.69 Å². The Kier molecular flexibility index (Phi) is 6.35. The molecule has 1 aliphatic carbocycles. The summed E-state index contributed by atoms with van der Waals surface area (Å²) in [5, 5.41) is 6.17. The Hall–Kier alpha value is -3.37. The van der Waals surface area contributed by atoms with Gasteiger partial charge in [-0.3, -0.25) is 14.4 Å². The fourth-order valence-electron chi connectivity index (χ4n) is 6.96. The highest BCUT2D eigenvalue weighted by molar-refractivity contribution is 9.10. The molecule has 0 radical (unpaired) electrons. The number of rotatable bonds is 6. The average Bonchev–Trinajstić information content (AvgIpc) is 3.71. The van der Waals surface area contributed by atoms with Crippen LogP contribution in [0.2, 0.25) is 0 Å². The van der Waals surface area contributed by atoms with Gasteiger partial charge in [-0.1, -0.05) is 53.4 Å². The Bertz CT molecular complexity index is 1390. The molecule has 9 nitrogen and oxygen atoms in total. The second kappa shape index (κ2) is 9.92. The number of amides is 3. The van der Waals surface area contributed by atoms with Crippen molar-refractivity contribution in [2.45, 2.75) is 62.4 Å².